The fourth-order valence-corrected chi connectivity index (χ4v) is 3.32. The molecule has 0 amide bonds. The lowest BCUT2D eigenvalue weighted by Gasteiger charge is -2.19. The first-order valence-electron chi connectivity index (χ1n) is 6.38. The number of hydrogen-bond donors (Lipinski definition) is 1. The summed E-state index contributed by atoms with van der Waals surface area (Å²) in [6.07, 6.45) is 0.775. The minimum atomic E-state index is -3.49. The minimum absolute atomic E-state index is 0.201. The van der Waals surface area contributed by atoms with Gasteiger partial charge < -0.3 is 10.6 Å². The molecular formula is C13H22ClN3O2S. The topological polar surface area (TPSA) is 66.6 Å². The van der Waals surface area contributed by atoms with Crippen LogP contribution in [0.2, 0.25) is 5.02 Å². The summed E-state index contributed by atoms with van der Waals surface area (Å²) in [5, 5.41) is 0.385. The maximum Gasteiger partial charge on any atom is 0.242 e. The lowest BCUT2D eigenvalue weighted by atomic mass is 10.2. The first-order chi connectivity index (χ1) is 9.28. The number of halogens is 1. The molecule has 2 N–H and O–H groups in total. The molecule has 0 bridgehead atoms. The Labute approximate surface area is 126 Å². The van der Waals surface area contributed by atoms with E-state index in [0.29, 0.717) is 11.6 Å². The first kappa shape index (κ1) is 17.4. The lowest BCUT2D eigenvalue weighted by Crippen LogP contribution is -2.30. The van der Waals surface area contributed by atoms with Gasteiger partial charge >= 0.3 is 0 Å². The van der Waals surface area contributed by atoms with Crippen LogP contribution in [0.5, 0.6) is 0 Å². The van der Waals surface area contributed by atoms with Gasteiger partial charge in [-0.25, -0.2) is 12.7 Å². The highest BCUT2D eigenvalue weighted by atomic mass is 35.5. The first-order valence-corrected chi connectivity index (χ1v) is 8.20. The molecule has 0 aromatic heterocycles. The molecule has 0 heterocycles. The second kappa shape index (κ2) is 7.38. The zero-order valence-electron chi connectivity index (χ0n) is 12.1. The van der Waals surface area contributed by atoms with Crippen LogP contribution in [0.3, 0.4) is 0 Å². The number of nitrogens with zero attached hydrogens (tertiary/aromatic N) is 2. The average Bonchev–Trinajstić information content (AvgIpc) is 2.37. The zero-order chi connectivity index (χ0) is 15.3. The van der Waals surface area contributed by atoms with E-state index in [2.05, 4.69) is 0 Å². The van der Waals surface area contributed by atoms with Crippen LogP contribution in [-0.2, 0) is 16.6 Å². The Morgan fingerprint density at radius 1 is 1.20 bits per heavy atom. The van der Waals surface area contributed by atoms with Crippen LogP contribution >= 0.6 is 11.6 Å². The van der Waals surface area contributed by atoms with E-state index in [0.717, 1.165) is 18.5 Å². The van der Waals surface area contributed by atoms with Gasteiger partial charge in [0.15, 0.2) is 0 Å². The van der Waals surface area contributed by atoms with Gasteiger partial charge in [-0.1, -0.05) is 17.7 Å². The zero-order valence-corrected chi connectivity index (χ0v) is 13.7. The van der Waals surface area contributed by atoms with Gasteiger partial charge in [-0.3, -0.25) is 0 Å². The molecule has 1 aromatic rings. The summed E-state index contributed by atoms with van der Waals surface area (Å²) >= 11 is 6.02. The fraction of sp³-hybridized carbons (Fsp3) is 0.538. The highest BCUT2D eigenvalue weighted by Gasteiger charge is 2.21. The molecule has 5 nitrogen and oxygen atoms in total. The Morgan fingerprint density at radius 2 is 1.85 bits per heavy atom. The Morgan fingerprint density at radius 3 is 2.35 bits per heavy atom. The predicted molar refractivity (Wildman–Crippen MR) is 82.3 cm³/mol. The molecule has 0 saturated heterocycles. The van der Waals surface area contributed by atoms with Crippen molar-refractivity contribution in [2.24, 2.45) is 5.73 Å². The maximum absolute atomic E-state index is 12.4. The summed E-state index contributed by atoms with van der Waals surface area (Å²) in [6.45, 7) is 1.60. The summed E-state index contributed by atoms with van der Waals surface area (Å²) in [7, 11) is 2.00. The summed E-state index contributed by atoms with van der Waals surface area (Å²) in [5.74, 6) is 0. The molecule has 0 saturated carbocycles. The van der Waals surface area contributed by atoms with E-state index in [-0.39, 0.29) is 11.4 Å². The molecule has 1 aromatic carbocycles. The highest BCUT2D eigenvalue weighted by molar-refractivity contribution is 7.89. The molecular weight excluding hydrogens is 298 g/mol. The van der Waals surface area contributed by atoms with Gasteiger partial charge in [-0.05, 0) is 44.8 Å². The molecule has 114 valence electrons. The molecule has 0 aliphatic carbocycles. The molecule has 0 unspecified atom stereocenters. The van der Waals surface area contributed by atoms with Gasteiger partial charge in [0.2, 0.25) is 10.0 Å². The third kappa shape index (κ3) is 4.43. The van der Waals surface area contributed by atoms with Crippen molar-refractivity contribution in [3.05, 3.63) is 28.8 Å². The normalized spacial score (nSPS) is 12.3. The number of sulfonamides is 1. The maximum atomic E-state index is 12.4. The summed E-state index contributed by atoms with van der Waals surface area (Å²) in [4.78, 5) is 2.22. The van der Waals surface area contributed by atoms with E-state index in [1.165, 1.54) is 10.4 Å². The van der Waals surface area contributed by atoms with Crippen LogP contribution in [-0.4, -0.2) is 51.9 Å². The molecule has 1 rings (SSSR count). The van der Waals surface area contributed by atoms with Crippen molar-refractivity contribution in [1.82, 2.24) is 9.21 Å². The van der Waals surface area contributed by atoms with Crippen LogP contribution in [0, 0.1) is 0 Å². The van der Waals surface area contributed by atoms with E-state index in [1.807, 2.05) is 19.0 Å². The Hall–Kier alpha value is -0.660. The molecule has 7 heteroatoms. The summed E-state index contributed by atoms with van der Waals surface area (Å²) in [5.41, 5.74) is 6.25. The fourth-order valence-electron chi connectivity index (χ4n) is 1.76. The van der Waals surface area contributed by atoms with Crippen LogP contribution in [0.4, 0.5) is 0 Å². The van der Waals surface area contributed by atoms with Crippen LogP contribution in [0.1, 0.15) is 12.0 Å². The van der Waals surface area contributed by atoms with Gasteiger partial charge in [0.25, 0.3) is 0 Å². The Bertz CT molecular complexity index is 547. The molecule has 0 spiro atoms. The molecule has 0 radical (unpaired) electrons. The lowest BCUT2D eigenvalue weighted by molar-refractivity contribution is 0.370. The summed E-state index contributed by atoms with van der Waals surface area (Å²) < 4.78 is 26.1. The summed E-state index contributed by atoms with van der Waals surface area (Å²) in [6, 6.07) is 4.66. The van der Waals surface area contributed by atoms with Gasteiger partial charge in [0, 0.05) is 25.2 Å². The molecule has 0 aliphatic rings. The number of rotatable bonds is 7. The molecule has 0 aliphatic heterocycles. The van der Waals surface area contributed by atoms with E-state index in [9.17, 15) is 8.42 Å². The van der Waals surface area contributed by atoms with E-state index in [1.54, 1.807) is 19.2 Å². The van der Waals surface area contributed by atoms with Crippen molar-refractivity contribution >= 4 is 21.6 Å². The van der Waals surface area contributed by atoms with Gasteiger partial charge in [0.05, 0.1) is 4.90 Å². The highest BCUT2D eigenvalue weighted by Crippen LogP contribution is 2.22. The third-order valence-corrected chi connectivity index (χ3v) is 5.24. The smallest absolute Gasteiger partial charge is 0.242 e. The Balaban J connectivity index is 2.84. The monoisotopic (exact) mass is 319 g/mol. The molecule has 20 heavy (non-hydrogen) atoms. The van der Waals surface area contributed by atoms with Crippen LogP contribution < -0.4 is 5.73 Å². The standard InChI is InChI=1S/C13H22ClN3O2S/c1-16(2)7-4-8-17(3)20(18,19)12-6-5-11(10-15)13(14)9-12/h5-6,9H,4,7-8,10,15H2,1-3H3. The van der Waals surface area contributed by atoms with Crippen LogP contribution in [0.15, 0.2) is 23.1 Å². The van der Waals surface area contributed by atoms with Crippen molar-refractivity contribution in [2.45, 2.75) is 17.9 Å². The minimum Gasteiger partial charge on any atom is -0.326 e. The van der Waals surface area contributed by atoms with Gasteiger partial charge in [-0.15, -0.1) is 0 Å². The van der Waals surface area contributed by atoms with Gasteiger partial charge in [-0.2, -0.15) is 0 Å². The van der Waals surface area contributed by atoms with E-state index >= 15 is 0 Å². The van der Waals surface area contributed by atoms with Gasteiger partial charge in [0.1, 0.15) is 0 Å². The van der Waals surface area contributed by atoms with Crippen molar-refractivity contribution in [1.29, 1.82) is 0 Å². The second-order valence-electron chi connectivity index (χ2n) is 4.94. The third-order valence-electron chi connectivity index (χ3n) is 3.03. The van der Waals surface area contributed by atoms with E-state index in [4.69, 9.17) is 17.3 Å². The Kier molecular flexibility index (Phi) is 6.42. The number of benzene rings is 1. The number of hydrogen-bond acceptors (Lipinski definition) is 4. The molecule has 0 fully saturated rings. The van der Waals surface area contributed by atoms with Crippen molar-refractivity contribution in [3.63, 3.8) is 0 Å². The SMILES string of the molecule is CN(C)CCCN(C)S(=O)(=O)c1ccc(CN)c(Cl)c1. The quantitative estimate of drug-likeness (QED) is 0.824. The molecule has 0 atom stereocenters. The van der Waals surface area contributed by atoms with Crippen LogP contribution in [0.25, 0.3) is 0 Å². The largest absolute Gasteiger partial charge is 0.326 e. The predicted octanol–water partition coefficient (Wildman–Crippen LogP) is 1.37. The van der Waals surface area contributed by atoms with Crippen molar-refractivity contribution in [2.75, 3.05) is 34.2 Å². The van der Waals surface area contributed by atoms with Crippen molar-refractivity contribution < 1.29 is 8.42 Å². The van der Waals surface area contributed by atoms with E-state index < -0.39 is 10.0 Å². The van der Waals surface area contributed by atoms with Crippen molar-refractivity contribution in [3.8, 4) is 0 Å². The number of nitrogens with two attached hydrogens (primary N) is 1. The average molecular weight is 320 g/mol. The second-order valence-corrected chi connectivity index (χ2v) is 7.39.